The van der Waals surface area contributed by atoms with Crippen LogP contribution < -0.4 is 0 Å². The first kappa shape index (κ1) is 17.5. The number of allylic oxidation sites excluding steroid dienone is 2. The van der Waals surface area contributed by atoms with Gasteiger partial charge in [0.05, 0.1) is 0 Å². The second-order valence-electron chi connectivity index (χ2n) is 9.23. The van der Waals surface area contributed by atoms with E-state index in [0.29, 0.717) is 5.92 Å². The first-order valence-electron chi connectivity index (χ1n) is 10.9. The van der Waals surface area contributed by atoms with Crippen molar-refractivity contribution in [3.8, 4) is 22.3 Å². The van der Waals surface area contributed by atoms with Crippen molar-refractivity contribution in [1.29, 1.82) is 0 Å². The molecule has 3 aromatic rings. The normalized spacial score (nSPS) is 26.8. The first-order chi connectivity index (χ1) is 14.1. The third-order valence-electron chi connectivity index (χ3n) is 7.51. The molecule has 1 heteroatoms. The van der Waals surface area contributed by atoms with Crippen molar-refractivity contribution in [2.75, 3.05) is 0 Å². The maximum absolute atomic E-state index is 6.13. The minimum Gasteiger partial charge on any atom is -0.0843 e. The molecule has 3 aliphatic rings. The highest BCUT2D eigenvalue weighted by atomic mass is 35.5. The average molecular weight is 397 g/mol. The summed E-state index contributed by atoms with van der Waals surface area (Å²) in [6.45, 7) is 2.40. The molecule has 2 bridgehead atoms. The fraction of sp³-hybridized carbons (Fsp3) is 0.286. The van der Waals surface area contributed by atoms with Gasteiger partial charge in [0.1, 0.15) is 0 Å². The maximum Gasteiger partial charge on any atom is 0.0423 e. The largest absolute Gasteiger partial charge is 0.0843 e. The lowest BCUT2D eigenvalue weighted by atomic mass is 9.58. The van der Waals surface area contributed by atoms with Crippen molar-refractivity contribution >= 4 is 11.6 Å². The SMILES string of the molecule is CC1C=C2CC(CCC23c2ccccc2-c2ccc(-c4ccc(Cl)cc4)cc23)C1. The van der Waals surface area contributed by atoms with Crippen molar-refractivity contribution in [3.05, 3.63) is 94.5 Å². The minimum atomic E-state index is 0.0690. The molecular weight excluding hydrogens is 372 g/mol. The van der Waals surface area contributed by atoms with Crippen LogP contribution in [-0.4, -0.2) is 0 Å². The summed E-state index contributed by atoms with van der Waals surface area (Å²) in [5.41, 5.74) is 10.2. The Balaban J connectivity index is 1.60. The van der Waals surface area contributed by atoms with Gasteiger partial charge < -0.3 is 0 Å². The summed E-state index contributed by atoms with van der Waals surface area (Å²) in [7, 11) is 0. The molecule has 3 unspecified atom stereocenters. The molecule has 6 rings (SSSR count). The molecule has 3 aromatic carbocycles. The van der Waals surface area contributed by atoms with Crippen molar-refractivity contribution in [2.24, 2.45) is 11.8 Å². The van der Waals surface area contributed by atoms with Crippen molar-refractivity contribution in [3.63, 3.8) is 0 Å². The Bertz CT molecular complexity index is 1140. The Morgan fingerprint density at radius 2 is 1.62 bits per heavy atom. The van der Waals surface area contributed by atoms with E-state index in [2.05, 4.69) is 67.6 Å². The molecule has 3 aliphatic carbocycles. The molecule has 1 saturated carbocycles. The predicted molar refractivity (Wildman–Crippen MR) is 122 cm³/mol. The number of halogens is 1. The van der Waals surface area contributed by atoms with Gasteiger partial charge in [-0.1, -0.05) is 78.7 Å². The quantitative estimate of drug-likeness (QED) is 0.365. The van der Waals surface area contributed by atoms with Gasteiger partial charge in [0, 0.05) is 10.4 Å². The fourth-order valence-electron chi connectivity index (χ4n) is 6.32. The number of hydrogen-bond acceptors (Lipinski definition) is 0. The molecule has 1 fully saturated rings. The predicted octanol–water partition coefficient (Wildman–Crippen LogP) is 8.04. The number of benzene rings is 3. The van der Waals surface area contributed by atoms with Crippen LogP contribution in [0.15, 0.2) is 78.4 Å². The Kier molecular flexibility index (Phi) is 3.84. The molecule has 0 aliphatic heterocycles. The molecule has 0 nitrogen and oxygen atoms in total. The van der Waals surface area contributed by atoms with Crippen LogP contribution in [0.4, 0.5) is 0 Å². The van der Waals surface area contributed by atoms with E-state index in [4.69, 9.17) is 11.6 Å². The van der Waals surface area contributed by atoms with E-state index < -0.39 is 0 Å². The van der Waals surface area contributed by atoms with Gasteiger partial charge >= 0.3 is 0 Å². The van der Waals surface area contributed by atoms with Gasteiger partial charge in [-0.15, -0.1) is 0 Å². The van der Waals surface area contributed by atoms with Crippen molar-refractivity contribution in [1.82, 2.24) is 0 Å². The Labute approximate surface area is 178 Å². The molecule has 0 radical (unpaired) electrons. The first-order valence-corrected chi connectivity index (χ1v) is 11.2. The Morgan fingerprint density at radius 1 is 0.862 bits per heavy atom. The monoisotopic (exact) mass is 396 g/mol. The highest BCUT2D eigenvalue weighted by Gasteiger charge is 2.49. The van der Waals surface area contributed by atoms with Crippen LogP contribution in [0.25, 0.3) is 22.3 Å². The lowest BCUT2D eigenvalue weighted by Crippen LogP contribution is -2.36. The average Bonchev–Trinajstić information content (AvgIpc) is 3.02. The van der Waals surface area contributed by atoms with E-state index in [-0.39, 0.29) is 5.41 Å². The molecule has 0 heterocycles. The number of hydrogen-bond donors (Lipinski definition) is 0. The molecule has 144 valence electrons. The summed E-state index contributed by atoms with van der Waals surface area (Å²) in [5.74, 6) is 1.56. The summed E-state index contributed by atoms with van der Waals surface area (Å²) in [5, 5.41) is 0.790. The van der Waals surface area contributed by atoms with E-state index in [1.54, 1.807) is 5.57 Å². The Morgan fingerprint density at radius 3 is 2.48 bits per heavy atom. The van der Waals surface area contributed by atoms with Crippen molar-refractivity contribution in [2.45, 2.75) is 38.0 Å². The van der Waals surface area contributed by atoms with Crippen LogP contribution in [0, 0.1) is 11.8 Å². The van der Waals surface area contributed by atoms with Gasteiger partial charge in [0.25, 0.3) is 0 Å². The van der Waals surface area contributed by atoms with Crippen LogP contribution in [0.3, 0.4) is 0 Å². The van der Waals surface area contributed by atoms with E-state index in [1.807, 2.05) is 12.1 Å². The van der Waals surface area contributed by atoms with Gasteiger partial charge in [-0.05, 0) is 89.1 Å². The smallest absolute Gasteiger partial charge is 0.0423 e. The van der Waals surface area contributed by atoms with Gasteiger partial charge in [-0.25, -0.2) is 0 Å². The van der Waals surface area contributed by atoms with E-state index in [9.17, 15) is 0 Å². The van der Waals surface area contributed by atoms with E-state index in [1.165, 1.54) is 59.1 Å². The summed E-state index contributed by atoms with van der Waals surface area (Å²) < 4.78 is 0. The molecule has 0 aromatic heterocycles. The summed E-state index contributed by atoms with van der Waals surface area (Å²) in [6.07, 6.45) is 7.81. The van der Waals surface area contributed by atoms with Gasteiger partial charge in [-0.2, -0.15) is 0 Å². The summed E-state index contributed by atoms with van der Waals surface area (Å²) in [4.78, 5) is 0. The van der Waals surface area contributed by atoms with Gasteiger partial charge in [0.15, 0.2) is 0 Å². The molecule has 0 saturated heterocycles. The van der Waals surface area contributed by atoms with Crippen LogP contribution in [0.1, 0.15) is 43.7 Å². The third-order valence-corrected chi connectivity index (χ3v) is 7.76. The third kappa shape index (κ3) is 2.52. The van der Waals surface area contributed by atoms with E-state index in [0.717, 1.165) is 10.9 Å². The zero-order chi connectivity index (χ0) is 19.6. The molecule has 29 heavy (non-hydrogen) atoms. The molecule has 0 amide bonds. The van der Waals surface area contributed by atoms with Gasteiger partial charge in [0.2, 0.25) is 0 Å². The second kappa shape index (κ2) is 6.34. The fourth-order valence-corrected chi connectivity index (χ4v) is 6.45. The topological polar surface area (TPSA) is 0 Å². The molecule has 0 N–H and O–H groups in total. The zero-order valence-electron chi connectivity index (χ0n) is 16.8. The highest BCUT2D eigenvalue weighted by molar-refractivity contribution is 6.30. The summed E-state index contributed by atoms with van der Waals surface area (Å²) >= 11 is 6.13. The zero-order valence-corrected chi connectivity index (χ0v) is 17.5. The maximum atomic E-state index is 6.13. The van der Waals surface area contributed by atoms with Gasteiger partial charge in [-0.3, -0.25) is 0 Å². The lowest BCUT2D eigenvalue weighted by molar-refractivity contribution is 0.284. The van der Waals surface area contributed by atoms with Crippen LogP contribution in [0.5, 0.6) is 0 Å². The van der Waals surface area contributed by atoms with Crippen LogP contribution >= 0.6 is 11.6 Å². The Hall–Kier alpha value is -2.31. The van der Waals surface area contributed by atoms with E-state index >= 15 is 0 Å². The number of fused-ring (bicyclic) bond motifs is 8. The van der Waals surface area contributed by atoms with Crippen LogP contribution in [-0.2, 0) is 5.41 Å². The standard InChI is InChI=1S/C28H25Cl/c1-18-14-19-12-13-28(22(15-18)16-19)26-5-3-2-4-24(26)25-11-8-21(17-27(25)28)20-6-9-23(29)10-7-20/h2-11,15,17-19H,12-14,16H2,1H3. The highest BCUT2D eigenvalue weighted by Crippen LogP contribution is 2.61. The van der Waals surface area contributed by atoms with Crippen LogP contribution in [0.2, 0.25) is 5.02 Å². The molecule has 3 atom stereocenters. The van der Waals surface area contributed by atoms with Crippen molar-refractivity contribution < 1.29 is 0 Å². The number of rotatable bonds is 1. The molecule has 1 spiro atoms. The second-order valence-corrected chi connectivity index (χ2v) is 9.67. The molecular formula is C28H25Cl. The summed E-state index contributed by atoms with van der Waals surface area (Å²) in [6, 6.07) is 24.5. The lowest BCUT2D eigenvalue weighted by Gasteiger charge is -2.45. The minimum absolute atomic E-state index is 0.0690.